The van der Waals surface area contributed by atoms with E-state index < -0.39 is 0 Å². The van der Waals surface area contributed by atoms with Gasteiger partial charge in [-0.05, 0) is 46.2 Å². The van der Waals surface area contributed by atoms with Gasteiger partial charge in [0.25, 0.3) is 0 Å². The Hall–Kier alpha value is -1.86. The number of nitrogens with zero attached hydrogens (tertiary/aromatic N) is 4. The third kappa shape index (κ3) is 4.10. The molecule has 7 heteroatoms. The number of aromatic nitrogens is 3. The molecule has 6 nitrogen and oxygen atoms in total. The molecule has 1 saturated heterocycles. The minimum atomic E-state index is -0.235. The van der Waals surface area contributed by atoms with Crippen LogP contribution in [0.4, 0.5) is 0 Å². The van der Waals surface area contributed by atoms with Gasteiger partial charge in [0.15, 0.2) is 5.16 Å². The van der Waals surface area contributed by atoms with Crippen molar-refractivity contribution in [2.24, 2.45) is 0 Å². The molecular weight excluding hydrogens is 348 g/mol. The van der Waals surface area contributed by atoms with Crippen molar-refractivity contribution < 1.29 is 9.53 Å². The number of hydrogen-bond donors (Lipinski definition) is 0. The van der Waals surface area contributed by atoms with Gasteiger partial charge in [-0.1, -0.05) is 29.5 Å². The number of carbonyl (C=O) groups is 1. The van der Waals surface area contributed by atoms with E-state index in [4.69, 9.17) is 4.74 Å². The van der Waals surface area contributed by atoms with Crippen LogP contribution >= 0.6 is 11.8 Å². The molecule has 0 saturated carbocycles. The van der Waals surface area contributed by atoms with Gasteiger partial charge in [-0.15, -0.1) is 10.2 Å². The highest BCUT2D eigenvalue weighted by molar-refractivity contribution is 8.00. The van der Waals surface area contributed by atoms with E-state index in [1.54, 1.807) is 6.33 Å². The van der Waals surface area contributed by atoms with E-state index in [-0.39, 0.29) is 23.4 Å². The molecule has 0 spiro atoms. The van der Waals surface area contributed by atoms with Gasteiger partial charge in [0.2, 0.25) is 5.91 Å². The van der Waals surface area contributed by atoms with Gasteiger partial charge in [0, 0.05) is 13.1 Å². The van der Waals surface area contributed by atoms with Crippen LogP contribution in [-0.2, 0) is 9.53 Å². The first-order valence-electron chi connectivity index (χ1n) is 8.93. The van der Waals surface area contributed by atoms with Crippen LogP contribution in [0.15, 0.2) is 29.7 Å². The smallest absolute Gasteiger partial charge is 0.236 e. The second-order valence-electron chi connectivity index (χ2n) is 7.03. The monoisotopic (exact) mass is 374 g/mol. The first-order valence-corrected chi connectivity index (χ1v) is 9.81. The molecule has 140 valence electrons. The third-order valence-corrected chi connectivity index (χ3v) is 5.53. The number of amides is 1. The molecule has 1 aliphatic rings. The summed E-state index contributed by atoms with van der Waals surface area (Å²) in [4.78, 5) is 14.8. The molecular formula is C19H26N4O2S. The van der Waals surface area contributed by atoms with Crippen LogP contribution in [0.5, 0.6) is 0 Å². The predicted molar refractivity (Wildman–Crippen MR) is 103 cm³/mol. The summed E-state index contributed by atoms with van der Waals surface area (Å²) in [5, 5.41) is 8.79. The molecule has 1 aromatic carbocycles. The Morgan fingerprint density at radius 1 is 1.27 bits per heavy atom. The number of rotatable bonds is 4. The molecule has 1 amide bonds. The van der Waals surface area contributed by atoms with Crippen molar-refractivity contribution in [3.8, 4) is 5.69 Å². The summed E-state index contributed by atoms with van der Waals surface area (Å²) in [7, 11) is 0. The van der Waals surface area contributed by atoms with E-state index in [1.807, 2.05) is 30.2 Å². The van der Waals surface area contributed by atoms with E-state index in [1.165, 1.54) is 17.3 Å². The Morgan fingerprint density at radius 3 is 2.62 bits per heavy atom. The molecule has 0 radical (unpaired) electrons. The summed E-state index contributed by atoms with van der Waals surface area (Å²) in [5.41, 5.74) is 3.41. The highest BCUT2D eigenvalue weighted by atomic mass is 32.2. The maximum atomic E-state index is 12.9. The topological polar surface area (TPSA) is 60.2 Å². The first kappa shape index (κ1) is 18.9. The van der Waals surface area contributed by atoms with Crippen molar-refractivity contribution in [3.05, 3.63) is 35.7 Å². The predicted octanol–water partition coefficient (Wildman–Crippen LogP) is 3.00. The van der Waals surface area contributed by atoms with Gasteiger partial charge in [-0.2, -0.15) is 0 Å². The minimum Gasteiger partial charge on any atom is -0.372 e. The fourth-order valence-electron chi connectivity index (χ4n) is 3.37. The van der Waals surface area contributed by atoms with E-state index >= 15 is 0 Å². The van der Waals surface area contributed by atoms with Gasteiger partial charge in [-0.25, -0.2) is 0 Å². The van der Waals surface area contributed by atoms with Crippen molar-refractivity contribution in [3.63, 3.8) is 0 Å². The third-order valence-electron chi connectivity index (χ3n) is 4.49. The average molecular weight is 375 g/mol. The van der Waals surface area contributed by atoms with E-state index in [0.717, 1.165) is 16.4 Å². The second kappa shape index (κ2) is 7.80. The van der Waals surface area contributed by atoms with Crippen LogP contribution in [0.2, 0.25) is 0 Å². The highest BCUT2D eigenvalue weighted by Crippen LogP contribution is 2.27. The summed E-state index contributed by atoms with van der Waals surface area (Å²) < 4.78 is 7.68. The number of carbonyl (C=O) groups excluding carboxylic acids is 1. The van der Waals surface area contributed by atoms with Crippen LogP contribution in [0.3, 0.4) is 0 Å². The van der Waals surface area contributed by atoms with Gasteiger partial charge in [0.1, 0.15) is 6.33 Å². The van der Waals surface area contributed by atoms with Crippen LogP contribution in [0.25, 0.3) is 5.69 Å². The number of aryl methyl sites for hydroxylation is 2. The molecule has 3 unspecified atom stereocenters. The minimum absolute atomic E-state index is 0.0683. The number of thioether (sulfide) groups is 1. The lowest BCUT2D eigenvalue weighted by Gasteiger charge is -2.36. The molecule has 1 aliphatic heterocycles. The lowest BCUT2D eigenvalue weighted by molar-refractivity contribution is -0.142. The Kier molecular flexibility index (Phi) is 5.67. The summed E-state index contributed by atoms with van der Waals surface area (Å²) in [6.45, 7) is 11.4. The van der Waals surface area contributed by atoms with Crippen LogP contribution < -0.4 is 0 Å². The number of hydrogen-bond acceptors (Lipinski definition) is 5. The fourth-order valence-corrected chi connectivity index (χ4v) is 4.29. The SMILES string of the molecule is Cc1ccc(-n2cnnc2SC(C)C(=O)N2CC(C)OC(C)C2)c(C)c1. The Labute approximate surface area is 158 Å². The first-order chi connectivity index (χ1) is 12.3. The number of ether oxygens (including phenoxy) is 1. The molecule has 1 aromatic heterocycles. The van der Waals surface area contributed by atoms with Crippen molar-refractivity contribution in [1.82, 2.24) is 19.7 Å². The van der Waals surface area contributed by atoms with Gasteiger partial charge < -0.3 is 9.64 Å². The number of morpholine rings is 1. The zero-order chi connectivity index (χ0) is 18.8. The zero-order valence-corrected chi connectivity index (χ0v) is 16.8. The normalized spacial score (nSPS) is 21.7. The summed E-state index contributed by atoms with van der Waals surface area (Å²) in [6.07, 6.45) is 1.84. The van der Waals surface area contributed by atoms with Crippen molar-refractivity contribution in [1.29, 1.82) is 0 Å². The molecule has 3 atom stereocenters. The van der Waals surface area contributed by atoms with E-state index in [2.05, 4.69) is 42.2 Å². The van der Waals surface area contributed by atoms with E-state index in [0.29, 0.717) is 13.1 Å². The van der Waals surface area contributed by atoms with Crippen molar-refractivity contribution >= 4 is 17.7 Å². The summed E-state index contributed by atoms with van der Waals surface area (Å²) in [5.74, 6) is 0.118. The molecule has 0 bridgehead atoms. The van der Waals surface area contributed by atoms with Crippen LogP contribution in [0, 0.1) is 13.8 Å². The average Bonchev–Trinajstić information content (AvgIpc) is 3.01. The van der Waals surface area contributed by atoms with Gasteiger partial charge in [0.05, 0.1) is 23.1 Å². The lowest BCUT2D eigenvalue weighted by atomic mass is 10.1. The maximum Gasteiger partial charge on any atom is 0.236 e. The van der Waals surface area contributed by atoms with Crippen LogP contribution in [-0.4, -0.2) is 56.1 Å². The van der Waals surface area contributed by atoms with Crippen molar-refractivity contribution in [2.75, 3.05) is 13.1 Å². The molecule has 1 fully saturated rings. The quantitative estimate of drug-likeness (QED) is 0.770. The van der Waals surface area contributed by atoms with Gasteiger partial charge >= 0.3 is 0 Å². The largest absolute Gasteiger partial charge is 0.372 e. The van der Waals surface area contributed by atoms with Crippen molar-refractivity contribution in [2.45, 2.75) is 57.2 Å². The Bertz CT molecular complexity index is 782. The highest BCUT2D eigenvalue weighted by Gasteiger charge is 2.30. The zero-order valence-electron chi connectivity index (χ0n) is 16.0. The second-order valence-corrected chi connectivity index (χ2v) is 8.34. The number of benzene rings is 1. The van der Waals surface area contributed by atoms with E-state index in [9.17, 15) is 4.79 Å². The van der Waals surface area contributed by atoms with Gasteiger partial charge in [-0.3, -0.25) is 9.36 Å². The fraction of sp³-hybridized carbons (Fsp3) is 0.526. The van der Waals surface area contributed by atoms with Crippen LogP contribution in [0.1, 0.15) is 31.9 Å². The Morgan fingerprint density at radius 2 is 1.96 bits per heavy atom. The summed E-state index contributed by atoms with van der Waals surface area (Å²) in [6, 6.07) is 6.27. The molecule has 2 heterocycles. The molecule has 2 aromatic rings. The standard InChI is InChI=1S/C19H26N4O2S/c1-12-6-7-17(13(2)8-12)23-11-20-21-19(23)26-16(5)18(24)22-9-14(3)25-15(4)10-22/h6-8,11,14-16H,9-10H2,1-5H3. The molecule has 0 N–H and O–H groups in total. The summed E-state index contributed by atoms with van der Waals surface area (Å²) >= 11 is 1.45. The molecule has 3 rings (SSSR count). The lowest BCUT2D eigenvalue weighted by Crippen LogP contribution is -2.50. The Balaban J connectivity index is 1.75. The maximum absolute atomic E-state index is 12.9. The molecule has 0 aliphatic carbocycles. The molecule has 26 heavy (non-hydrogen) atoms.